The average Bonchev–Trinajstić information content (AvgIpc) is 2.82. The van der Waals surface area contributed by atoms with E-state index in [0.717, 1.165) is 23.4 Å². The molecule has 2 heterocycles. The van der Waals surface area contributed by atoms with Gasteiger partial charge < -0.3 is 14.8 Å². The predicted octanol–water partition coefficient (Wildman–Crippen LogP) is 1.92. The molecule has 0 atom stereocenters. The minimum atomic E-state index is -0.189. The molecule has 1 amide bonds. The molecular formula is C17H24N4O3. The standard InChI is InChI=1S/C17H24N4O3/c1-5-8-23-16-9-14(6-7-18-16)10-19-15(22)11-24-17-12(2)20-21(4)13(17)3/h6-7,9H,5,8,10-11H2,1-4H3,(H,19,22). The van der Waals surface area contributed by atoms with Gasteiger partial charge >= 0.3 is 0 Å². The van der Waals surface area contributed by atoms with E-state index in [1.165, 1.54) is 0 Å². The summed E-state index contributed by atoms with van der Waals surface area (Å²) in [6, 6.07) is 3.67. The van der Waals surface area contributed by atoms with Crippen molar-refractivity contribution < 1.29 is 14.3 Å². The third-order valence-corrected chi connectivity index (χ3v) is 3.53. The van der Waals surface area contributed by atoms with Crippen LogP contribution < -0.4 is 14.8 Å². The molecular weight excluding hydrogens is 308 g/mol. The Kier molecular flexibility index (Phi) is 6.17. The lowest BCUT2D eigenvalue weighted by Crippen LogP contribution is -2.28. The van der Waals surface area contributed by atoms with Gasteiger partial charge in [-0.25, -0.2) is 4.98 Å². The Morgan fingerprint density at radius 2 is 2.12 bits per heavy atom. The van der Waals surface area contributed by atoms with Gasteiger partial charge in [0.15, 0.2) is 12.4 Å². The van der Waals surface area contributed by atoms with Crippen LogP contribution in [-0.2, 0) is 18.4 Å². The van der Waals surface area contributed by atoms with Gasteiger partial charge in [-0.2, -0.15) is 5.10 Å². The molecule has 7 nitrogen and oxygen atoms in total. The predicted molar refractivity (Wildman–Crippen MR) is 90.0 cm³/mol. The van der Waals surface area contributed by atoms with Gasteiger partial charge in [0.2, 0.25) is 5.88 Å². The molecule has 0 aromatic carbocycles. The lowest BCUT2D eigenvalue weighted by Gasteiger charge is -2.09. The van der Waals surface area contributed by atoms with Crippen molar-refractivity contribution in [2.45, 2.75) is 33.7 Å². The van der Waals surface area contributed by atoms with Crippen molar-refractivity contribution in [3.05, 3.63) is 35.3 Å². The van der Waals surface area contributed by atoms with Gasteiger partial charge in [0.25, 0.3) is 5.91 Å². The number of ether oxygens (including phenoxy) is 2. The second-order valence-corrected chi connectivity index (χ2v) is 5.54. The first-order chi connectivity index (χ1) is 11.5. The van der Waals surface area contributed by atoms with E-state index in [-0.39, 0.29) is 12.5 Å². The van der Waals surface area contributed by atoms with Gasteiger partial charge in [0.1, 0.15) is 5.69 Å². The van der Waals surface area contributed by atoms with E-state index in [4.69, 9.17) is 9.47 Å². The zero-order chi connectivity index (χ0) is 17.5. The van der Waals surface area contributed by atoms with Gasteiger partial charge in [-0.3, -0.25) is 9.48 Å². The molecule has 0 unspecified atom stereocenters. The van der Waals surface area contributed by atoms with Crippen LogP contribution in [0.5, 0.6) is 11.6 Å². The molecule has 0 spiro atoms. The van der Waals surface area contributed by atoms with Gasteiger partial charge in [-0.05, 0) is 31.9 Å². The van der Waals surface area contributed by atoms with Crippen molar-refractivity contribution in [3.63, 3.8) is 0 Å². The molecule has 0 aliphatic rings. The Hall–Kier alpha value is -2.57. The summed E-state index contributed by atoms with van der Waals surface area (Å²) in [5, 5.41) is 7.08. The molecule has 0 radical (unpaired) electrons. The number of nitrogens with one attached hydrogen (secondary N) is 1. The molecule has 1 N–H and O–H groups in total. The molecule has 2 aromatic heterocycles. The summed E-state index contributed by atoms with van der Waals surface area (Å²) in [6.07, 6.45) is 2.60. The van der Waals surface area contributed by atoms with Crippen molar-refractivity contribution in [2.75, 3.05) is 13.2 Å². The van der Waals surface area contributed by atoms with Crippen LogP contribution in [0.1, 0.15) is 30.3 Å². The molecule has 0 aliphatic heterocycles. The normalized spacial score (nSPS) is 10.5. The summed E-state index contributed by atoms with van der Waals surface area (Å²) < 4.78 is 12.8. The van der Waals surface area contributed by atoms with E-state index in [1.807, 2.05) is 40.0 Å². The topological polar surface area (TPSA) is 78.3 Å². The summed E-state index contributed by atoms with van der Waals surface area (Å²) >= 11 is 0. The summed E-state index contributed by atoms with van der Waals surface area (Å²) in [7, 11) is 1.84. The average molecular weight is 332 g/mol. The fraction of sp³-hybridized carbons (Fsp3) is 0.471. The van der Waals surface area contributed by atoms with Crippen LogP contribution in [0.4, 0.5) is 0 Å². The van der Waals surface area contributed by atoms with Crippen LogP contribution in [0.3, 0.4) is 0 Å². The summed E-state index contributed by atoms with van der Waals surface area (Å²) in [4.78, 5) is 16.1. The van der Waals surface area contributed by atoms with Gasteiger partial charge in [0, 0.05) is 25.9 Å². The minimum absolute atomic E-state index is 0.0440. The highest BCUT2D eigenvalue weighted by Gasteiger charge is 2.12. The zero-order valence-corrected chi connectivity index (χ0v) is 14.6. The Balaban J connectivity index is 1.83. The number of amides is 1. The van der Waals surface area contributed by atoms with E-state index in [0.29, 0.717) is 24.8 Å². The van der Waals surface area contributed by atoms with Crippen LogP contribution in [-0.4, -0.2) is 33.9 Å². The van der Waals surface area contributed by atoms with E-state index in [1.54, 1.807) is 10.9 Å². The Morgan fingerprint density at radius 1 is 1.33 bits per heavy atom. The van der Waals surface area contributed by atoms with E-state index in [2.05, 4.69) is 15.4 Å². The highest BCUT2D eigenvalue weighted by Crippen LogP contribution is 2.21. The second-order valence-electron chi connectivity index (χ2n) is 5.54. The number of hydrogen-bond acceptors (Lipinski definition) is 5. The van der Waals surface area contributed by atoms with Crippen LogP contribution in [0, 0.1) is 13.8 Å². The Bertz CT molecular complexity index is 697. The second kappa shape index (κ2) is 8.33. The third kappa shape index (κ3) is 4.71. The summed E-state index contributed by atoms with van der Waals surface area (Å²) in [6.45, 7) is 6.78. The number of carbonyl (C=O) groups excluding carboxylic acids is 1. The zero-order valence-electron chi connectivity index (χ0n) is 14.6. The first-order valence-corrected chi connectivity index (χ1v) is 7.98. The number of rotatable bonds is 8. The maximum Gasteiger partial charge on any atom is 0.258 e. The number of aryl methyl sites for hydroxylation is 2. The SMILES string of the molecule is CCCOc1cc(CNC(=O)COc2c(C)nn(C)c2C)ccn1. The number of hydrogen-bond donors (Lipinski definition) is 1. The van der Waals surface area contributed by atoms with E-state index < -0.39 is 0 Å². The first kappa shape index (κ1) is 17.8. The van der Waals surface area contributed by atoms with Crippen LogP contribution >= 0.6 is 0 Å². The minimum Gasteiger partial charge on any atom is -0.480 e. The van der Waals surface area contributed by atoms with Crippen molar-refractivity contribution in [3.8, 4) is 11.6 Å². The summed E-state index contributed by atoms with van der Waals surface area (Å²) in [5.74, 6) is 1.04. The maximum absolute atomic E-state index is 12.0. The lowest BCUT2D eigenvalue weighted by molar-refractivity contribution is -0.123. The first-order valence-electron chi connectivity index (χ1n) is 7.98. The summed E-state index contributed by atoms with van der Waals surface area (Å²) in [5.41, 5.74) is 2.60. The number of pyridine rings is 1. The number of aromatic nitrogens is 3. The molecule has 130 valence electrons. The molecule has 0 saturated heterocycles. The molecule has 0 bridgehead atoms. The fourth-order valence-corrected chi connectivity index (χ4v) is 2.20. The van der Waals surface area contributed by atoms with Crippen molar-refractivity contribution >= 4 is 5.91 Å². The highest BCUT2D eigenvalue weighted by molar-refractivity contribution is 5.77. The molecule has 2 aromatic rings. The molecule has 7 heteroatoms. The molecule has 24 heavy (non-hydrogen) atoms. The van der Waals surface area contributed by atoms with E-state index in [9.17, 15) is 4.79 Å². The lowest BCUT2D eigenvalue weighted by atomic mass is 10.2. The maximum atomic E-state index is 12.0. The van der Waals surface area contributed by atoms with Gasteiger partial charge in [-0.1, -0.05) is 6.92 Å². The van der Waals surface area contributed by atoms with Crippen molar-refractivity contribution in [1.82, 2.24) is 20.1 Å². The highest BCUT2D eigenvalue weighted by atomic mass is 16.5. The smallest absolute Gasteiger partial charge is 0.258 e. The molecule has 2 rings (SSSR count). The quantitative estimate of drug-likeness (QED) is 0.799. The van der Waals surface area contributed by atoms with Crippen LogP contribution in [0.25, 0.3) is 0 Å². The molecule has 0 aliphatic carbocycles. The van der Waals surface area contributed by atoms with Crippen LogP contribution in [0.15, 0.2) is 18.3 Å². The molecule has 0 fully saturated rings. The molecule has 0 saturated carbocycles. The fourth-order valence-electron chi connectivity index (χ4n) is 2.20. The van der Waals surface area contributed by atoms with Crippen molar-refractivity contribution in [1.29, 1.82) is 0 Å². The monoisotopic (exact) mass is 332 g/mol. The van der Waals surface area contributed by atoms with Crippen molar-refractivity contribution in [2.24, 2.45) is 7.05 Å². The number of nitrogens with zero attached hydrogens (tertiary/aromatic N) is 3. The Labute approximate surface area is 142 Å². The van der Waals surface area contributed by atoms with E-state index >= 15 is 0 Å². The third-order valence-electron chi connectivity index (χ3n) is 3.53. The van der Waals surface area contributed by atoms with Gasteiger partial charge in [-0.15, -0.1) is 0 Å². The van der Waals surface area contributed by atoms with Crippen LogP contribution in [0.2, 0.25) is 0 Å². The largest absolute Gasteiger partial charge is 0.480 e. The number of carbonyl (C=O) groups is 1. The Morgan fingerprint density at radius 3 is 2.79 bits per heavy atom. The van der Waals surface area contributed by atoms with Gasteiger partial charge in [0.05, 0.1) is 12.3 Å².